The quantitative estimate of drug-likeness (QED) is 0.864. The summed E-state index contributed by atoms with van der Waals surface area (Å²) in [5.74, 6) is 0.821. The summed E-state index contributed by atoms with van der Waals surface area (Å²) in [7, 11) is 1.71. The third kappa shape index (κ3) is 3.52. The van der Waals surface area contributed by atoms with Crippen molar-refractivity contribution >= 4 is 17.3 Å². The fourth-order valence-corrected chi connectivity index (χ4v) is 1.91. The maximum absolute atomic E-state index is 5.73. The van der Waals surface area contributed by atoms with Gasteiger partial charge in [0, 0.05) is 12.8 Å². The number of hydrogen-bond donors (Lipinski definition) is 1. The van der Waals surface area contributed by atoms with Crippen LogP contribution in [-0.4, -0.2) is 13.7 Å². The molecule has 1 aromatic carbocycles. The van der Waals surface area contributed by atoms with Gasteiger partial charge in [-0.15, -0.1) is 0 Å². The lowest BCUT2D eigenvalue weighted by Crippen LogP contribution is -2.03. The van der Waals surface area contributed by atoms with Gasteiger partial charge in [-0.1, -0.05) is 18.2 Å². The maximum atomic E-state index is 5.73. The van der Waals surface area contributed by atoms with E-state index in [2.05, 4.69) is 17.4 Å². The number of nitrogens with one attached hydrogen (secondary N) is 1. The molecule has 4 heteroatoms. The van der Waals surface area contributed by atoms with Crippen LogP contribution in [-0.2, 0) is 17.7 Å². The number of methoxy groups -OCH3 is 1. The van der Waals surface area contributed by atoms with E-state index in [-0.39, 0.29) is 0 Å². The molecule has 0 saturated heterocycles. The molecular formula is C14H16ClNO2. The molecule has 96 valence electrons. The van der Waals surface area contributed by atoms with Crippen LogP contribution in [0.4, 0.5) is 5.69 Å². The monoisotopic (exact) mass is 265 g/mol. The fourth-order valence-electron chi connectivity index (χ4n) is 1.75. The number of benzene rings is 1. The first kappa shape index (κ1) is 13.0. The van der Waals surface area contributed by atoms with Crippen molar-refractivity contribution in [3.05, 3.63) is 52.9 Å². The summed E-state index contributed by atoms with van der Waals surface area (Å²) in [6.07, 6.45) is 0.887. The Morgan fingerprint density at radius 1 is 1.22 bits per heavy atom. The number of furan rings is 1. The van der Waals surface area contributed by atoms with Gasteiger partial charge in [-0.05, 0) is 41.8 Å². The van der Waals surface area contributed by atoms with Crippen molar-refractivity contribution < 1.29 is 9.15 Å². The lowest BCUT2D eigenvalue weighted by Gasteiger charge is -2.10. The van der Waals surface area contributed by atoms with Crippen LogP contribution in [0, 0.1) is 0 Å². The predicted octanol–water partition coefficient (Wildman–Crippen LogP) is 3.73. The molecule has 2 aromatic rings. The largest absolute Gasteiger partial charge is 0.448 e. The number of rotatable bonds is 6. The van der Waals surface area contributed by atoms with E-state index in [4.69, 9.17) is 20.8 Å². The average Bonchev–Trinajstić information content (AvgIpc) is 2.81. The molecule has 3 nitrogen and oxygen atoms in total. The molecule has 0 aliphatic carbocycles. The molecule has 1 aromatic heterocycles. The van der Waals surface area contributed by atoms with Crippen LogP contribution in [0.3, 0.4) is 0 Å². The fraction of sp³-hybridized carbons (Fsp3) is 0.286. The van der Waals surface area contributed by atoms with Crippen LogP contribution in [0.1, 0.15) is 11.3 Å². The molecule has 0 radical (unpaired) electrons. The molecule has 0 aliphatic rings. The van der Waals surface area contributed by atoms with Crippen LogP contribution in [0.5, 0.6) is 0 Å². The van der Waals surface area contributed by atoms with Crippen LogP contribution >= 0.6 is 11.6 Å². The third-order valence-electron chi connectivity index (χ3n) is 2.67. The highest BCUT2D eigenvalue weighted by molar-refractivity contribution is 6.28. The van der Waals surface area contributed by atoms with E-state index >= 15 is 0 Å². The van der Waals surface area contributed by atoms with E-state index in [1.807, 2.05) is 18.2 Å². The first-order chi connectivity index (χ1) is 8.79. The highest BCUT2D eigenvalue weighted by Gasteiger charge is 2.03. The van der Waals surface area contributed by atoms with Gasteiger partial charge in [-0.3, -0.25) is 0 Å². The standard InChI is InChI=1S/C14H16ClNO2/c1-17-9-8-11-4-2-3-5-13(11)16-10-12-6-7-14(15)18-12/h2-7,16H,8-10H2,1H3. The van der Waals surface area contributed by atoms with Crippen LogP contribution in [0.2, 0.25) is 5.22 Å². The minimum absolute atomic E-state index is 0.416. The summed E-state index contributed by atoms with van der Waals surface area (Å²) < 4.78 is 10.4. The molecule has 0 aliphatic heterocycles. The van der Waals surface area contributed by atoms with Gasteiger partial charge < -0.3 is 14.5 Å². The van der Waals surface area contributed by atoms with E-state index in [9.17, 15) is 0 Å². The van der Waals surface area contributed by atoms with Gasteiger partial charge in [0.15, 0.2) is 5.22 Å². The van der Waals surface area contributed by atoms with Crippen LogP contribution < -0.4 is 5.32 Å². The molecule has 0 fully saturated rings. The molecule has 1 N–H and O–H groups in total. The molecule has 0 spiro atoms. The lowest BCUT2D eigenvalue weighted by atomic mass is 10.1. The summed E-state index contributed by atoms with van der Waals surface area (Å²) in [6.45, 7) is 1.34. The van der Waals surface area contributed by atoms with Gasteiger partial charge >= 0.3 is 0 Å². The Kier molecular flexibility index (Phi) is 4.67. The zero-order valence-corrected chi connectivity index (χ0v) is 11.0. The topological polar surface area (TPSA) is 34.4 Å². The Morgan fingerprint density at radius 3 is 2.78 bits per heavy atom. The van der Waals surface area contributed by atoms with E-state index in [0.717, 1.165) is 17.9 Å². The second-order valence-corrected chi connectivity index (χ2v) is 4.33. The van der Waals surface area contributed by atoms with Crippen LogP contribution in [0.15, 0.2) is 40.8 Å². The molecule has 18 heavy (non-hydrogen) atoms. The molecule has 0 unspecified atom stereocenters. The van der Waals surface area contributed by atoms with Crippen molar-refractivity contribution in [3.8, 4) is 0 Å². The van der Waals surface area contributed by atoms with Gasteiger partial charge in [0.2, 0.25) is 0 Å². The Labute approximate surface area is 112 Å². The minimum Gasteiger partial charge on any atom is -0.448 e. The molecule has 0 saturated carbocycles. The number of halogens is 1. The zero-order valence-electron chi connectivity index (χ0n) is 10.3. The van der Waals surface area contributed by atoms with Crippen molar-refractivity contribution in [3.63, 3.8) is 0 Å². The average molecular weight is 266 g/mol. The van der Waals surface area contributed by atoms with Crippen molar-refractivity contribution in [1.29, 1.82) is 0 Å². The number of hydrogen-bond acceptors (Lipinski definition) is 3. The first-order valence-electron chi connectivity index (χ1n) is 5.84. The normalized spacial score (nSPS) is 10.6. The van der Waals surface area contributed by atoms with Crippen molar-refractivity contribution in [2.24, 2.45) is 0 Å². The Balaban J connectivity index is 1.99. The van der Waals surface area contributed by atoms with Crippen LogP contribution in [0.25, 0.3) is 0 Å². The summed E-state index contributed by atoms with van der Waals surface area (Å²) in [5, 5.41) is 3.76. The van der Waals surface area contributed by atoms with Crippen molar-refractivity contribution in [2.45, 2.75) is 13.0 Å². The van der Waals surface area contributed by atoms with Gasteiger partial charge in [0.25, 0.3) is 0 Å². The maximum Gasteiger partial charge on any atom is 0.193 e. The summed E-state index contributed by atoms with van der Waals surface area (Å²) in [5.41, 5.74) is 2.33. The predicted molar refractivity (Wildman–Crippen MR) is 73.1 cm³/mol. The zero-order chi connectivity index (χ0) is 12.8. The highest BCUT2D eigenvalue weighted by atomic mass is 35.5. The molecular weight excluding hydrogens is 250 g/mol. The Bertz CT molecular complexity index is 496. The molecule has 0 amide bonds. The second kappa shape index (κ2) is 6.47. The summed E-state index contributed by atoms with van der Waals surface area (Å²) in [6, 6.07) is 11.8. The van der Waals surface area contributed by atoms with Crippen molar-refractivity contribution in [2.75, 3.05) is 19.0 Å². The summed E-state index contributed by atoms with van der Waals surface area (Å²) in [4.78, 5) is 0. The smallest absolute Gasteiger partial charge is 0.193 e. The third-order valence-corrected chi connectivity index (χ3v) is 2.88. The molecule has 2 rings (SSSR count). The van der Waals surface area contributed by atoms with Gasteiger partial charge in [0.05, 0.1) is 13.2 Å². The number of ether oxygens (including phenoxy) is 1. The number of para-hydroxylation sites is 1. The summed E-state index contributed by atoms with van der Waals surface area (Å²) >= 11 is 5.73. The lowest BCUT2D eigenvalue weighted by molar-refractivity contribution is 0.202. The second-order valence-electron chi connectivity index (χ2n) is 3.96. The first-order valence-corrected chi connectivity index (χ1v) is 6.22. The molecule has 1 heterocycles. The van der Waals surface area contributed by atoms with E-state index in [1.54, 1.807) is 13.2 Å². The SMILES string of the molecule is COCCc1ccccc1NCc1ccc(Cl)o1. The Morgan fingerprint density at radius 2 is 2.06 bits per heavy atom. The molecule has 0 atom stereocenters. The van der Waals surface area contributed by atoms with E-state index in [1.165, 1.54) is 5.56 Å². The van der Waals surface area contributed by atoms with Gasteiger partial charge in [-0.2, -0.15) is 0 Å². The van der Waals surface area contributed by atoms with Crippen molar-refractivity contribution in [1.82, 2.24) is 0 Å². The van der Waals surface area contributed by atoms with Gasteiger partial charge in [0.1, 0.15) is 5.76 Å². The minimum atomic E-state index is 0.416. The van der Waals surface area contributed by atoms with E-state index < -0.39 is 0 Å². The van der Waals surface area contributed by atoms with Gasteiger partial charge in [-0.25, -0.2) is 0 Å². The van der Waals surface area contributed by atoms with E-state index in [0.29, 0.717) is 18.4 Å². The number of anilines is 1. The Hall–Kier alpha value is -1.45. The molecule has 0 bridgehead atoms. The highest BCUT2D eigenvalue weighted by Crippen LogP contribution is 2.18.